The van der Waals surface area contributed by atoms with Crippen molar-refractivity contribution in [3.05, 3.63) is 35.4 Å². The molecule has 0 spiro atoms. The van der Waals surface area contributed by atoms with E-state index in [0.717, 1.165) is 18.2 Å². The molecule has 0 heterocycles. The Balaban J connectivity index is 2.71. The second-order valence-corrected chi connectivity index (χ2v) is 4.94. The van der Waals surface area contributed by atoms with Gasteiger partial charge in [0.25, 0.3) is 0 Å². The third kappa shape index (κ3) is 4.59. The van der Waals surface area contributed by atoms with Crippen LogP contribution in [0.1, 0.15) is 39.3 Å². The average Bonchev–Trinajstić information content (AvgIpc) is 2.31. The molecule has 1 rings (SSSR count). The van der Waals surface area contributed by atoms with Gasteiger partial charge in [0.15, 0.2) is 0 Å². The number of nitrogens with one attached hydrogen (secondary N) is 2. The molecule has 1 aromatic rings. The molecule has 2 atom stereocenters. The Morgan fingerprint density at radius 2 is 1.79 bits per heavy atom. The van der Waals surface area contributed by atoms with E-state index in [1.807, 2.05) is 13.8 Å². The lowest BCUT2D eigenvalue weighted by atomic mass is 10.1. The Bertz CT molecular complexity index is 449. The zero-order valence-electron chi connectivity index (χ0n) is 11.6. The molecular weight excluding hydrogens is 250 g/mol. The summed E-state index contributed by atoms with van der Waals surface area (Å²) in [4.78, 5) is 11.7. The number of amides is 1. The molecule has 0 fully saturated rings. The summed E-state index contributed by atoms with van der Waals surface area (Å²) in [5.41, 5.74) is 0.212. The quantitative estimate of drug-likeness (QED) is 0.863. The molecule has 3 nitrogen and oxygen atoms in total. The first kappa shape index (κ1) is 15.6. The smallest absolute Gasteiger partial charge is 0.237 e. The highest BCUT2D eigenvalue weighted by atomic mass is 19.1. The molecular formula is C14H20F2N2O. The molecule has 0 saturated heterocycles. The van der Waals surface area contributed by atoms with Gasteiger partial charge >= 0.3 is 0 Å². The van der Waals surface area contributed by atoms with Crippen LogP contribution in [-0.2, 0) is 4.79 Å². The van der Waals surface area contributed by atoms with Crippen molar-refractivity contribution in [2.24, 2.45) is 0 Å². The van der Waals surface area contributed by atoms with Crippen LogP contribution in [0.3, 0.4) is 0 Å². The molecule has 0 aliphatic carbocycles. The molecule has 2 N–H and O–H groups in total. The standard InChI is InChI=1S/C14H20F2N2O/c1-8(2)17-14(19)10(4)18-9(3)12-7-11(15)5-6-13(12)16/h5-10,18H,1-4H3,(H,17,19). The minimum Gasteiger partial charge on any atom is -0.353 e. The lowest BCUT2D eigenvalue weighted by molar-refractivity contribution is -0.123. The molecule has 2 unspecified atom stereocenters. The van der Waals surface area contributed by atoms with Gasteiger partial charge in [0, 0.05) is 17.6 Å². The van der Waals surface area contributed by atoms with Crippen LogP contribution in [0.15, 0.2) is 18.2 Å². The van der Waals surface area contributed by atoms with E-state index in [9.17, 15) is 13.6 Å². The highest BCUT2D eigenvalue weighted by Crippen LogP contribution is 2.18. The Morgan fingerprint density at radius 1 is 1.16 bits per heavy atom. The van der Waals surface area contributed by atoms with Gasteiger partial charge in [-0.25, -0.2) is 8.78 Å². The number of carbonyl (C=O) groups excluding carboxylic acids is 1. The summed E-state index contributed by atoms with van der Waals surface area (Å²) in [6.45, 7) is 7.10. The first-order valence-corrected chi connectivity index (χ1v) is 6.32. The van der Waals surface area contributed by atoms with Gasteiger partial charge in [-0.1, -0.05) is 0 Å². The maximum Gasteiger partial charge on any atom is 0.237 e. The second-order valence-electron chi connectivity index (χ2n) is 4.94. The van der Waals surface area contributed by atoms with Crippen LogP contribution < -0.4 is 10.6 Å². The first-order valence-electron chi connectivity index (χ1n) is 6.32. The number of hydrogen-bond donors (Lipinski definition) is 2. The molecule has 1 aromatic carbocycles. The number of hydrogen-bond acceptors (Lipinski definition) is 2. The van der Waals surface area contributed by atoms with Crippen molar-refractivity contribution < 1.29 is 13.6 Å². The molecule has 0 saturated carbocycles. The van der Waals surface area contributed by atoms with Crippen molar-refractivity contribution in [2.75, 3.05) is 0 Å². The number of rotatable bonds is 5. The Kier molecular flexibility index (Phi) is 5.42. The Labute approximate surface area is 112 Å². The van der Waals surface area contributed by atoms with Gasteiger partial charge in [-0.15, -0.1) is 0 Å². The average molecular weight is 270 g/mol. The predicted molar refractivity (Wildman–Crippen MR) is 70.6 cm³/mol. The summed E-state index contributed by atoms with van der Waals surface area (Å²) >= 11 is 0. The maximum atomic E-state index is 13.6. The fourth-order valence-corrected chi connectivity index (χ4v) is 1.80. The molecule has 0 aliphatic rings. The van der Waals surface area contributed by atoms with E-state index < -0.39 is 23.7 Å². The van der Waals surface area contributed by atoms with Crippen molar-refractivity contribution in [1.29, 1.82) is 0 Å². The van der Waals surface area contributed by atoms with Crippen LogP contribution in [0.4, 0.5) is 8.78 Å². The number of halogens is 2. The van der Waals surface area contributed by atoms with E-state index in [2.05, 4.69) is 10.6 Å². The van der Waals surface area contributed by atoms with Gasteiger partial charge in [0.05, 0.1) is 6.04 Å². The fourth-order valence-electron chi connectivity index (χ4n) is 1.80. The molecule has 0 aliphatic heterocycles. The highest BCUT2D eigenvalue weighted by molar-refractivity contribution is 5.81. The van der Waals surface area contributed by atoms with Crippen molar-refractivity contribution in [2.45, 2.75) is 45.8 Å². The normalized spacial score (nSPS) is 14.3. The SMILES string of the molecule is CC(C)NC(=O)C(C)NC(C)c1cc(F)ccc1F. The molecule has 0 aromatic heterocycles. The van der Waals surface area contributed by atoms with Gasteiger partial charge in [-0.05, 0) is 45.9 Å². The topological polar surface area (TPSA) is 41.1 Å². The summed E-state index contributed by atoms with van der Waals surface area (Å²) in [7, 11) is 0. The van der Waals surface area contributed by atoms with Gasteiger partial charge in [0.1, 0.15) is 11.6 Å². The van der Waals surface area contributed by atoms with Gasteiger partial charge in [-0.3, -0.25) is 10.1 Å². The number of benzene rings is 1. The number of carbonyl (C=O) groups is 1. The van der Waals surface area contributed by atoms with Crippen LogP contribution >= 0.6 is 0 Å². The van der Waals surface area contributed by atoms with E-state index in [4.69, 9.17) is 0 Å². The van der Waals surface area contributed by atoms with Crippen molar-refractivity contribution >= 4 is 5.91 Å². The van der Waals surface area contributed by atoms with E-state index in [-0.39, 0.29) is 17.5 Å². The minimum atomic E-state index is -0.496. The molecule has 5 heteroatoms. The lowest BCUT2D eigenvalue weighted by Crippen LogP contribution is -2.45. The van der Waals surface area contributed by atoms with Crippen LogP contribution in [0.25, 0.3) is 0 Å². The van der Waals surface area contributed by atoms with Gasteiger partial charge < -0.3 is 5.32 Å². The molecule has 0 bridgehead atoms. The van der Waals surface area contributed by atoms with Gasteiger partial charge in [0.2, 0.25) is 5.91 Å². The summed E-state index contributed by atoms with van der Waals surface area (Å²) in [5.74, 6) is -1.15. The zero-order chi connectivity index (χ0) is 14.6. The summed E-state index contributed by atoms with van der Waals surface area (Å²) in [5, 5.41) is 5.71. The van der Waals surface area contributed by atoms with Crippen molar-refractivity contribution in [3.63, 3.8) is 0 Å². The first-order chi connectivity index (χ1) is 8.81. The summed E-state index contributed by atoms with van der Waals surface area (Å²) in [6, 6.07) is 2.39. The van der Waals surface area contributed by atoms with Gasteiger partial charge in [-0.2, -0.15) is 0 Å². The van der Waals surface area contributed by atoms with Crippen LogP contribution in [0, 0.1) is 11.6 Å². The molecule has 0 radical (unpaired) electrons. The Morgan fingerprint density at radius 3 is 2.37 bits per heavy atom. The Hall–Kier alpha value is -1.49. The molecule has 106 valence electrons. The fraction of sp³-hybridized carbons (Fsp3) is 0.500. The third-order valence-electron chi connectivity index (χ3n) is 2.75. The minimum absolute atomic E-state index is 0.0398. The highest BCUT2D eigenvalue weighted by Gasteiger charge is 2.19. The zero-order valence-corrected chi connectivity index (χ0v) is 11.6. The predicted octanol–water partition coefficient (Wildman–Crippen LogP) is 2.53. The van der Waals surface area contributed by atoms with Crippen molar-refractivity contribution in [3.8, 4) is 0 Å². The monoisotopic (exact) mass is 270 g/mol. The molecule has 1 amide bonds. The lowest BCUT2D eigenvalue weighted by Gasteiger charge is -2.21. The van der Waals surface area contributed by atoms with Crippen LogP contribution in [0.2, 0.25) is 0 Å². The van der Waals surface area contributed by atoms with E-state index in [0.29, 0.717) is 0 Å². The largest absolute Gasteiger partial charge is 0.353 e. The van der Waals surface area contributed by atoms with E-state index in [1.54, 1.807) is 13.8 Å². The van der Waals surface area contributed by atoms with Crippen molar-refractivity contribution in [1.82, 2.24) is 10.6 Å². The van der Waals surface area contributed by atoms with E-state index >= 15 is 0 Å². The maximum absolute atomic E-state index is 13.6. The summed E-state index contributed by atoms with van der Waals surface area (Å²) in [6.07, 6.45) is 0. The summed E-state index contributed by atoms with van der Waals surface area (Å²) < 4.78 is 26.7. The van der Waals surface area contributed by atoms with E-state index in [1.165, 1.54) is 0 Å². The van der Waals surface area contributed by atoms with Crippen LogP contribution in [0.5, 0.6) is 0 Å². The third-order valence-corrected chi connectivity index (χ3v) is 2.75. The van der Waals surface area contributed by atoms with Crippen LogP contribution in [-0.4, -0.2) is 18.0 Å². The second kappa shape index (κ2) is 6.61. The molecule has 19 heavy (non-hydrogen) atoms.